The Morgan fingerprint density at radius 1 is 1.39 bits per heavy atom. The smallest absolute Gasteiger partial charge is 0.349 e. The van der Waals surface area contributed by atoms with E-state index in [1.54, 1.807) is 18.4 Å². The maximum absolute atomic E-state index is 11.7. The number of amides is 3. The van der Waals surface area contributed by atoms with Crippen LogP contribution in [0.1, 0.15) is 22.2 Å². The maximum atomic E-state index is 11.7. The van der Waals surface area contributed by atoms with Crippen LogP contribution >= 0.6 is 11.3 Å². The molecule has 0 spiro atoms. The highest BCUT2D eigenvalue weighted by Crippen LogP contribution is 2.17. The van der Waals surface area contributed by atoms with Gasteiger partial charge in [-0.1, -0.05) is 0 Å². The number of carbonyl (C=O) groups is 3. The Bertz CT molecular complexity index is 469. The van der Waals surface area contributed by atoms with Gasteiger partial charge in [-0.25, -0.2) is 9.59 Å². The van der Waals surface area contributed by atoms with Gasteiger partial charge in [-0.05, 0) is 30.9 Å². The van der Waals surface area contributed by atoms with Crippen molar-refractivity contribution >= 4 is 29.2 Å². The molecule has 2 N–H and O–H groups in total. The van der Waals surface area contributed by atoms with Gasteiger partial charge in [0.05, 0.1) is 0 Å². The number of imide groups is 1. The average molecular weight is 270 g/mol. The van der Waals surface area contributed by atoms with E-state index in [2.05, 4.69) is 5.32 Å². The quantitative estimate of drug-likeness (QED) is 0.804. The van der Waals surface area contributed by atoms with Gasteiger partial charge in [-0.15, -0.1) is 11.3 Å². The lowest BCUT2D eigenvalue weighted by Crippen LogP contribution is -2.43. The van der Waals surface area contributed by atoms with Gasteiger partial charge in [-0.2, -0.15) is 0 Å². The molecule has 0 saturated heterocycles. The number of urea groups is 1. The molecule has 0 fully saturated rings. The van der Waals surface area contributed by atoms with Crippen LogP contribution in [0.15, 0.2) is 11.4 Å². The van der Waals surface area contributed by atoms with Crippen LogP contribution in [0.5, 0.6) is 0 Å². The average Bonchev–Trinajstić information content (AvgIpc) is 2.75. The first-order chi connectivity index (χ1) is 8.45. The number of rotatable bonds is 3. The fourth-order valence-electron chi connectivity index (χ4n) is 1.13. The van der Waals surface area contributed by atoms with Crippen LogP contribution in [0.25, 0.3) is 0 Å². The molecule has 98 valence electrons. The van der Waals surface area contributed by atoms with Crippen molar-refractivity contribution in [2.24, 2.45) is 0 Å². The molecular weight excluding hydrogens is 256 g/mol. The first-order valence-corrected chi connectivity index (χ1v) is 6.11. The van der Waals surface area contributed by atoms with Crippen molar-refractivity contribution in [1.29, 1.82) is 0 Å². The van der Waals surface area contributed by atoms with Crippen LogP contribution in [0.2, 0.25) is 0 Å². The summed E-state index contributed by atoms with van der Waals surface area (Å²) in [6, 6.07) is 1.14. The predicted molar refractivity (Wildman–Crippen MR) is 66.5 cm³/mol. The number of aryl methyl sites for hydroxylation is 1. The van der Waals surface area contributed by atoms with E-state index in [0.717, 1.165) is 5.56 Å². The highest BCUT2D eigenvalue weighted by atomic mass is 32.1. The maximum Gasteiger partial charge on any atom is 0.349 e. The zero-order valence-corrected chi connectivity index (χ0v) is 11.1. The Morgan fingerprint density at radius 2 is 2.06 bits per heavy atom. The fraction of sp³-hybridized carbons (Fsp3) is 0.364. The number of esters is 1. The van der Waals surface area contributed by atoms with E-state index in [0.29, 0.717) is 4.88 Å². The third kappa shape index (κ3) is 3.56. The summed E-state index contributed by atoms with van der Waals surface area (Å²) >= 11 is 1.24. The molecule has 0 radical (unpaired) electrons. The summed E-state index contributed by atoms with van der Waals surface area (Å²) in [7, 11) is 1.38. The number of ether oxygens (including phenoxy) is 1. The summed E-state index contributed by atoms with van der Waals surface area (Å²) in [5.41, 5.74) is 0.795. The first kappa shape index (κ1) is 14.2. The van der Waals surface area contributed by atoms with Crippen molar-refractivity contribution in [1.82, 2.24) is 10.6 Å². The molecule has 3 amide bonds. The van der Waals surface area contributed by atoms with Crippen LogP contribution in [-0.2, 0) is 9.53 Å². The number of hydrogen-bond acceptors (Lipinski definition) is 5. The molecule has 0 aromatic carbocycles. The largest absolute Gasteiger partial charge is 0.448 e. The van der Waals surface area contributed by atoms with Crippen LogP contribution in [0, 0.1) is 6.92 Å². The second kappa shape index (κ2) is 6.15. The summed E-state index contributed by atoms with van der Waals surface area (Å²) in [4.78, 5) is 34.5. The fourth-order valence-corrected chi connectivity index (χ4v) is 1.93. The molecule has 0 saturated carbocycles. The summed E-state index contributed by atoms with van der Waals surface area (Å²) < 4.78 is 4.96. The van der Waals surface area contributed by atoms with Crippen molar-refractivity contribution in [2.75, 3.05) is 7.05 Å². The summed E-state index contributed by atoms with van der Waals surface area (Å²) in [5.74, 6) is -1.24. The van der Waals surface area contributed by atoms with Crippen molar-refractivity contribution in [3.63, 3.8) is 0 Å². The number of carbonyl (C=O) groups excluding carboxylic acids is 3. The van der Waals surface area contributed by atoms with E-state index in [4.69, 9.17) is 4.74 Å². The summed E-state index contributed by atoms with van der Waals surface area (Å²) in [5, 5.41) is 6.03. The van der Waals surface area contributed by atoms with Gasteiger partial charge in [0, 0.05) is 7.05 Å². The Morgan fingerprint density at radius 3 is 2.56 bits per heavy atom. The SMILES string of the molecule is CNC(=O)NC(=O)C(C)OC(=O)c1sccc1C. The molecule has 1 aromatic heterocycles. The van der Waals surface area contributed by atoms with E-state index >= 15 is 0 Å². The molecule has 1 aromatic rings. The van der Waals surface area contributed by atoms with Crippen LogP contribution < -0.4 is 10.6 Å². The van der Waals surface area contributed by atoms with E-state index in [1.807, 2.05) is 5.32 Å². The van der Waals surface area contributed by atoms with Gasteiger partial charge in [-0.3, -0.25) is 10.1 Å². The summed E-state index contributed by atoms with van der Waals surface area (Å²) in [6.45, 7) is 3.18. The van der Waals surface area contributed by atoms with Gasteiger partial charge in [0.1, 0.15) is 4.88 Å². The zero-order valence-electron chi connectivity index (χ0n) is 10.3. The van der Waals surface area contributed by atoms with Crippen LogP contribution in [0.4, 0.5) is 4.79 Å². The minimum atomic E-state index is -1.03. The van der Waals surface area contributed by atoms with Gasteiger partial charge in [0.15, 0.2) is 6.10 Å². The summed E-state index contributed by atoms with van der Waals surface area (Å²) in [6.07, 6.45) is -1.03. The van der Waals surface area contributed by atoms with E-state index in [1.165, 1.54) is 25.3 Å². The Labute approximate surface area is 108 Å². The molecule has 0 bridgehead atoms. The molecule has 1 heterocycles. The van der Waals surface area contributed by atoms with Gasteiger partial charge >= 0.3 is 12.0 Å². The Kier molecular flexibility index (Phi) is 4.85. The predicted octanol–water partition coefficient (Wildman–Crippen LogP) is 1.06. The van der Waals surface area contributed by atoms with Crippen LogP contribution in [-0.4, -0.2) is 31.1 Å². The van der Waals surface area contributed by atoms with E-state index in [-0.39, 0.29) is 0 Å². The van der Waals surface area contributed by atoms with Gasteiger partial charge in [0.2, 0.25) is 0 Å². The lowest BCUT2D eigenvalue weighted by atomic mass is 10.3. The normalized spacial score (nSPS) is 11.5. The van der Waals surface area contributed by atoms with Crippen LogP contribution in [0.3, 0.4) is 0 Å². The highest BCUT2D eigenvalue weighted by molar-refractivity contribution is 7.12. The van der Waals surface area contributed by atoms with Gasteiger partial charge < -0.3 is 10.1 Å². The third-order valence-corrected chi connectivity index (χ3v) is 3.16. The molecule has 6 nitrogen and oxygen atoms in total. The minimum Gasteiger partial charge on any atom is -0.448 e. The van der Waals surface area contributed by atoms with Crippen molar-refractivity contribution in [3.05, 3.63) is 21.9 Å². The molecule has 0 aliphatic heterocycles. The van der Waals surface area contributed by atoms with Gasteiger partial charge in [0.25, 0.3) is 5.91 Å². The van der Waals surface area contributed by atoms with Crippen molar-refractivity contribution in [3.8, 4) is 0 Å². The standard InChI is InChI=1S/C11H14N2O4S/c1-6-4-5-18-8(6)10(15)17-7(2)9(14)13-11(16)12-3/h4-5,7H,1-3H3,(H2,12,13,14,16). The zero-order chi connectivity index (χ0) is 13.7. The highest BCUT2D eigenvalue weighted by Gasteiger charge is 2.21. The second-order valence-corrected chi connectivity index (χ2v) is 4.46. The number of hydrogen-bond donors (Lipinski definition) is 2. The topological polar surface area (TPSA) is 84.5 Å². The van der Waals surface area contributed by atoms with Crippen molar-refractivity contribution < 1.29 is 19.1 Å². The molecule has 1 unspecified atom stereocenters. The third-order valence-electron chi connectivity index (χ3n) is 2.16. The molecule has 1 rings (SSSR count). The number of thiophene rings is 1. The lowest BCUT2D eigenvalue weighted by Gasteiger charge is -2.12. The second-order valence-electron chi connectivity index (χ2n) is 3.55. The molecule has 18 heavy (non-hydrogen) atoms. The molecular formula is C11H14N2O4S. The number of nitrogens with one attached hydrogen (secondary N) is 2. The molecule has 7 heteroatoms. The van der Waals surface area contributed by atoms with E-state index in [9.17, 15) is 14.4 Å². The van der Waals surface area contributed by atoms with Crippen molar-refractivity contribution in [2.45, 2.75) is 20.0 Å². The molecule has 1 atom stereocenters. The van der Waals surface area contributed by atoms with E-state index < -0.39 is 24.0 Å². The monoisotopic (exact) mass is 270 g/mol. The molecule has 0 aliphatic carbocycles. The lowest BCUT2D eigenvalue weighted by molar-refractivity contribution is -0.127. The Balaban J connectivity index is 2.57. The first-order valence-electron chi connectivity index (χ1n) is 5.23. The minimum absolute atomic E-state index is 0.453. The molecule has 0 aliphatic rings. The Hall–Kier alpha value is -1.89.